The standard InChI is InChI=1S/C9H18N2O/c1-3-4-9(7-10)5-6-11(2)8(9)12/h3-7,10H2,1-2H3. The smallest absolute Gasteiger partial charge is 0.229 e. The molecule has 0 saturated carbocycles. The predicted molar refractivity (Wildman–Crippen MR) is 48.6 cm³/mol. The number of nitrogens with two attached hydrogens (primary N) is 1. The predicted octanol–water partition coefficient (Wildman–Crippen LogP) is 0.594. The first kappa shape index (κ1) is 9.52. The maximum absolute atomic E-state index is 11.7. The van der Waals surface area contributed by atoms with E-state index >= 15 is 0 Å². The third kappa shape index (κ3) is 1.33. The highest BCUT2D eigenvalue weighted by atomic mass is 16.2. The van der Waals surface area contributed by atoms with Crippen LogP contribution in [0.15, 0.2) is 0 Å². The van der Waals surface area contributed by atoms with E-state index in [4.69, 9.17) is 5.73 Å². The second-order valence-electron chi connectivity index (χ2n) is 3.71. The number of carbonyl (C=O) groups excluding carboxylic acids is 1. The second kappa shape index (κ2) is 3.44. The summed E-state index contributed by atoms with van der Waals surface area (Å²) < 4.78 is 0. The number of hydrogen-bond acceptors (Lipinski definition) is 2. The maximum Gasteiger partial charge on any atom is 0.229 e. The van der Waals surface area contributed by atoms with Crippen molar-refractivity contribution in [3.8, 4) is 0 Å². The van der Waals surface area contributed by atoms with Gasteiger partial charge in [0.05, 0.1) is 5.41 Å². The Labute approximate surface area is 73.9 Å². The van der Waals surface area contributed by atoms with Gasteiger partial charge in [0.15, 0.2) is 0 Å². The van der Waals surface area contributed by atoms with E-state index in [1.54, 1.807) is 4.90 Å². The molecule has 0 aromatic rings. The zero-order valence-corrected chi connectivity index (χ0v) is 7.97. The molecule has 0 spiro atoms. The van der Waals surface area contributed by atoms with Crippen LogP contribution in [-0.2, 0) is 4.79 Å². The number of hydrogen-bond donors (Lipinski definition) is 1. The zero-order chi connectivity index (χ0) is 9.19. The van der Waals surface area contributed by atoms with Crippen LogP contribution in [0.25, 0.3) is 0 Å². The van der Waals surface area contributed by atoms with E-state index in [0.29, 0.717) is 6.54 Å². The Morgan fingerprint density at radius 3 is 2.67 bits per heavy atom. The van der Waals surface area contributed by atoms with E-state index in [0.717, 1.165) is 25.8 Å². The van der Waals surface area contributed by atoms with E-state index in [-0.39, 0.29) is 11.3 Å². The molecular weight excluding hydrogens is 152 g/mol. The Balaban J connectivity index is 2.73. The molecular formula is C9H18N2O. The molecule has 1 rings (SSSR count). The van der Waals surface area contributed by atoms with Gasteiger partial charge in [-0.2, -0.15) is 0 Å². The molecule has 1 fully saturated rings. The number of likely N-dealkylation sites (tertiary alicyclic amines) is 1. The number of amides is 1. The fourth-order valence-electron chi connectivity index (χ4n) is 2.00. The van der Waals surface area contributed by atoms with Gasteiger partial charge in [-0.1, -0.05) is 13.3 Å². The number of nitrogens with zero attached hydrogens (tertiary/aromatic N) is 1. The fourth-order valence-corrected chi connectivity index (χ4v) is 2.00. The highest BCUT2D eigenvalue weighted by Crippen LogP contribution is 2.34. The van der Waals surface area contributed by atoms with Crippen molar-refractivity contribution >= 4 is 5.91 Å². The van der Waals surface area contributed by atoms with Crippen LogP contribution in [0.3, 0.4) is 0 Å². The van der Waals surface area contributed by atoms with Crippen LogP contribution < -0.4 is 5.73 Å². The molecule has 0 bridgehead atoms. The number of rotatable bonds is 3. The molecule has 70 valence electrons. The Hall–Kier alpha value is -0.570. The molecule has 1 amide bonds. The third-order valence-electron chi connectivity index (χ3n) is 2.85. The van der Waals surface area contributed by atoms with Crippen LogP contribution in [0, 0.1) is 5.41 Å². The Morgan fingerprint density at radius 1 is 1.67 bits per heavy atom. The lowest BCUT2D eigenvalue weighted by molar-refractivity contribution is -0.134. The van der Waals surface area contributed by atoms with Crippen molar-refractivity contribution in [3.63, 3.8) is 0 Å². The van der Waals surface area contributed by atoms with Gasteiger partial charge in [0.2, 0.25) is 5.91 Å². The molecule has 0 radical (unpaired) electrons. The summed E-state index contributed by atoms with van der Waals surface area (Å²) in [4.78, 5) is 13.5. The van der Waals surface area contributed by atoms with Gasteiger partial charge in [-0.15, -0.1) is 0 Å². The Kier molecular flexibility index (Phi) is 2.73. The summed E-state index contributed by atoms with van der Waals surface area (Å²) in [6, 6.07) is 0. The van der Waals surface area contributed by atoms with E-state index < -0.39 is 0 Å². The molecule has 1 unspecified atom stereocenters. The van der Waals surface area contributed by atoms with Crippen LogP contribution in [0.4, 0.5) is 0 Å². The lowest BCUT2D eigenvalue weighted by Gasteiger charge is -2.24. The topological polar surface area (TPSA) is 46.3 Å². The minimum atomic E-state index is -0.219. The van der Waals surface area contributed by atoms with Crippen LogP contribution in [0.1, 0.15) is 26.2 Å². The van der Waals surface area contributed by atoms with Crippen molar-refractivity contribution in [2.24, 2.45) is 11.1 Å². The summed E-state index contributed by atoms with van der Waals surface area (Å²) in [5, 5.41) is 0. The van der Waals surface area contributed by atoms with Gasteiger partial charge in [0.25, 0.3) is 0 Å². The van der Waals surface area contributed by atoms with Crippen molar-refractivity contribution in [2.75, 3.05) is 20.1 Å². The summed E-state index contributed by atoms with van der Waals surface area (Å²) in [7, 11) is 1.86. The normalized spacial score (nSPS) is 29.9. The Morgan fingerprint density at radius 2 is 2.33 bits per heavy atom. The SMILES string of the molecule is CCCC1(CN)CCN(C)C1=O. The second-order valence-corrected chi connectivity index (χ2v) is 3.71. The van der Waals surface area contributed by atoms with Crippen molar-refractivity contribution in [2.45, 2.75) is 26.2 Å². The van der Waals surface area contributed by atoms with Crippen molar-refractivity contribution in [1.29, 1.82) is 0 Å². The van der Waals surface area contributed by atoms with Gasteiger partial charge in [-0.25, -0.2) is 0 Å². The van der Waals surface area contributed by atoms with Gasteiger partial charge in [0, 0.05) is 20.1 Å². The summed E-state index contributed by atoms with van der Waals surface area (Å²) in [6.45, 7) is 3.48. The lowest BCUT2D eigenvalue weighted by Crippen LogP contribution is -2.38. The Bertz CT molecular complexity index is 177. The molecule has 2 N–H and O–H groups in total. The average molecular weight is 170 g/mol. The first-order valence-corrected chi connectivity index (χ1v) is 4.62. The highest BCUT2D eigenvalue weighted by Gasteiger charge is 2.43. The van der Waals surface area contributed by atoms with Crippen LogP contribution in [0.5, 0.6) is 0 Å². The van der Waals surface area contributed by atoms with Gasteiger partial charge in [-0.3, -0.25) is 4.79 Å². The average Bonchev–Trinajstić information content (AvgIpc) is 2.35. The van der Waals surface area contributed by atoms with E-state index in [1.807, 2.05) is 7.05 Å². The van der Waals surface area contributed by atoms with Crippen molar-refractivity contribution in [3.05, 3.63) is 0 Å². The molecule has 1 saturated heterocycles. The molecule has 1 aliphatic rings. The minimum absolute atomic E-state index is 0.219. The van der Waals surface area contributed by atoms with Gasteiger partial charge in [0.1, 0.15) is 0 Å². The fraction of sp³-hybridized carbons (Fsp3) is 0.889. The summed E-state index contributed by atoms with van der Waals surface area (Å²) in [5.74, 6) is 0.242. The quantitative estimate of drug-likeness (QED) is 0.674. The molecule has 0 aromatic heterocycles. The summed E-state index contributed by atoms with van der Waals surface area (Å²) >= 11 is 0. The highest BCUT2D eigenvalue weighted by molar-refractivity contribution is 5.84. The largest absolute Gasteiger partial charge is 0.345 e. The molecule has 0 aromatic carbocycles. The van der Waals surface area contributed by atoms with Crippen LogP contribution in [0.2, 0.25) is 0 Å². The van der Waals surface area contributed by atoms with E-state index in [9.17, 15) is 4.79 Å². The van der Waals surface area contributed by atoms with Crippen molar-refractivity contribution < 1.29 is 4.79 Å². The molecule has 0 aliphatic carbocycles. The third-order valence-corrected chi connectivity index (χ3v) is 2.85. The molecule has 1 aliphatic heterocycles. The maximum atomic E-state index is 11.7. The number of carbonyl (C=O) groups is 1. The molecule has 1 heterocycles. The van der Waals surface area contributed by atoms with Gasteiger partial charge in [-0.05, 0) is 12.8 Å². The first-order chi connectivity index (χ1) is 5.66. The summed E-state index contributed by atoms with van der Waals surface area (Å²) in [5.41, 5.74) is 5.44. The molecule has 12 heavy (non-hydrogen) atoms. The van der Waals surface area contributed by atoms with E-state index in [1.165, 1.54) is 0 Å². The van der Waals surface area contributed by atoms with E-state index in [2.05, 4.69) is 6.92 Å². The van der Waals surface area contributed by atoms with Crippen molar-refractivity contribution in [1.82, 2.24) is 4.90 Å². The molecule has 3 nitrogen and oxygen atoms in total. The zero-order valence-electron chi connectivity index (χ0n) is 7.97. The molecule has 3 heteroatoms. The van der Waals surface area contributed by atoms with Gasteiger partial charge < -0.3 is 10.6 Å². The van der Waals surface area contributed by atoms with Crippen LogP contribution in [-0.4, -0.2) is 30.9 Å². The monoisotopic (exact) mass is 170 g/mol. The first-order valence-electron chi connectivity index (χ1n) is 4.62. The summed E-state index contributed by atoms with van der Waals surface area (Å²) in [6.07, 6.45) is 2.91. The molecule has 1 atom stereocenters. The lowest BCUT2D eigenvalue weighted by atomic mass is 9.82. The van der Waals surface area contributed by atoms with Gasteiger partial charge >= 0.3 is 0 Å². The minimum Gasteiger partial charge on any atom is -0.345 e. The van der Waals surface area contributed by atoms with Crippen LogP contribution >= 0.6 is 0 Å².